The first-order valence-corrected chi connectivity index (χ1v) is 12.7. The number of aliphatic hydroxyl groups is 1. The third kappa shape index (κ3) is 5.01. The molecule has 1 N–H and O–H groups in total. The van der Waals surface area contributed by atoms with Gasteiger partial charge in [0.1, 0.15) is 30.5 Å². The number of morpholine rings is 1. The van der Waals surface area contributed by atoms with Gasteiger partial charge in [-0.2, -0.15) is 0 Å². The van der Waals surface area contributed by atoms with E-state index in [4.69, 9.17) is 23.7 Å². The second-order valence-electron chi connectivity index (χ2n) is 9.27. The summed E-state index contributed by atoms with van der Waals surface area (Å²) in [5.74, 6) is 0.339. The number of aliphatic hydroxyl groups excluding tert-OH is 1. The Labute approximate surface area is 221 Å². The quantitative estimate of drug-likeness (QED) is 0.317. The van der Waals surface area contributed by atoms with Crippen molar-refractivity contribution in [3.63, 3.8) is 0 Å². The van der Waals surface area contributed by atoms with E-state index in [-0.39, 0.29) is 11.3 Å². The molecule has 3 heterocycles. The van der Waals surface area contributed by atoms with Crippen LogP contribution in [0.1, 0.15) is 23.6 Å². The van der Waals surface area contributed by atoms with Gasteiger partial charge < -0.3 is 33.7 Å². The van der Waals surface area contributed by atoms with Crippen molar-refractivity contribution in [2.75, 3.05) is 66.8 Å². The lowest BCUT2D eigenvalue weighted by Crippen LogP contribution is -2.39. The summed E-state index contributed by atoms with van der Waals surface area (Å²) in [5, 5.41) is 11.5. The molecule has 0 unspecified atom stereocenters. The molecule has 0 aliphatic carbocycles. The number of hydrogen-bond acceptors (Lipinski definition) is 9. The molecule has 2 fully saturated rings. The summed E-state index contributed by atoms with van der Waals surface area (Å²) in [7, 11) is 3.07. The fraction of sp³-hybridized carbons (Fsp3) is 0.429. The van der Waals surface area contributed by atoms with Crippen LogP contribution >= 0.6 is 0 Å². The maximum Gasteiger partial charge on any atom is 0.295 e. The van der Waals surface area contributed by atoms with Gasteiger partial charge in [-0.15, -0.1) is 0 Å². The molecular weight excluding hydrogens is 492 g/mol. The number of benzene rings is 2. The first-order valence-electron chi connectivity index (χ1n) is 12.7. The van der Waals surface area contributed by atoms with Crippen molar-refractivity contribution >= 4 is 17.4 Å². The lowest BCUT2D eigenvalue weighted by Gasteiger charge is -2.29. The van der Waals surface area contributed by atoms with Crippen molar-refractivity contribution in [2.24, 2.45) is 0 Å². The predicted octanol–water partition coefficient (Wildman–Crippen LogP) is 2.62. The zero-order valence-electron chi connectivity index (χ0n) is 21.6. The van der Waals surface area contributed by atoms with Gasteiger partial charge in [-0.25, -0.2) is 0 Å². The molecule has 1 amide bonds. The molecule has 1 atom stereocenters. The highest BCUT2D eigenvalue weighted by Crippen LogP contribution is 2.44. The standard InChI is InChI=1S/C28H32N2O8/c1-34-19-5-7-21(35-2)20(17-19)25-24(26(31)18-4-6-22-23(16-18)38-15-14-37-22)27(32)28(33)30(25)9-3-8-29-10-12-36-13-11-29/h4-7,16-17,25,31H,3,8-15H2,1-2H3/t25-/m0/s1. The number of rotatable bonds is 8. The largest absolute Gasteiger partial charge is 0.507 e. The minimum atomic E-state index is -0.863. The molecule has 0 radical (unpaired) electrons. The van der Waals surface area contributed by atoms with Gasteiger partial charge in [0.15, 0.2) is 11.5 Å². The van der Waals surface area contributed by atoms with Crippen LogP contribution in [0.3, 0.4) is 0 Å². The number of ketones is 1. The van der Waals surface area contributed by atoms with Crippen molar-refractivity contribution < 1.29 is 38.4 Å². The van der Waals surface area contributed by atoms with E-state index in [0.29, 0.717) is 73.5 Å². The van der Waals surface area contributed by atoms with Gasteiger partial charge in [0.25, 0.3) is 11.7 Å². The molecule has 2 aromatic carbocycles. The number of carbonyl (C=O) groups is 2. The normalized spacial score (nSPS) is 21.0. The smallest absolute Gasteiger partial charge is 0.295 e. The molecule has 2 saturated heterocycles. The van der Waals surface area contributed by atoms with Gasteiger partial charge >= 0.3 is 0 Å². The topological polar surface area (TPSA) is 107 Å². The van der Waals surface area contributed by atoms with Crippen LogP contribution in [0.5, 0.6) is 23.0 Å². The van der Waals surface area contributed by atoms with Crippen molar-refractivity contribution in [1.82, 2.24) is 9.80 Å². The highest BCUT2D eigenvalue weighted by Gasteiger charge is 2.47. The highest BCUT2D eigenvalue weighted by molar-refractivity contribution is 6.46. The first kappa shape index (κ1) is 25.9. The molecule has 0 spiro atoms. The molecule has 10 heteroatoms. The number of methoxy groups -OCH3 is 2. The molecule has 3 aliphatic rings. The predicted molar refractivity (Wildman–Crippen MR) is 138 cm³/mol. The minimum absolute atomic E-state index is 0.00963. The lowest BCUT2D eigenvalue weighted by atomic mass is 9.94. The summed E-state index contributed by atoms with van der Waals surface area (Å²) in [6.45, 7) is 4.92. The van der Waals surface area contributed by atoms with Crippen LogP contribution < -0.4 is 18.9 Å². The van der Waals surface area contributed by atoms with Gasteiger partial charge in [-0.3, -0.25) is 14.5 Å². The molecule has 3 aliphatic heterocycles. The van der Waals surface area contributed by atoms with Crippen LogP contribution in [-0.4, -0.2) is 93.4 Å². The molecule has 0 bridgehead atoms. The zero-order valence-corrected chi connectivity index (χ0v) is 21.6. The van der Waals surface area contributed by atoms with Crippen molar-refractivity contribution in [1.29, 1.82) is 0 Å². The number of carbonyl (C=O) groups excluding carboxylic acids is 2. The second-order valence-corrected chi connectivity index (χ2v) is 9.27. The fourth-order valence-electron chi connectivity index (χ4n) is 5.12. The third-order valence-electron chi connectivity index (χ3n) is 7.06. The Morgan fingerprint density at radius 1 is 0.947 bits per heavy atom. The Kier molecular flexibility index (Phi) is 7.71. The number of nitrogens with zero attached hydrogens (tertiary/aromatic N) is 2. The zero-order chi connectivity index (χ0) is 26.6. The highest BCUT2D eigenvalue weighted by atomic mass is 16.6. The molecule has 10 nitrogen and oxygen atoms in total. The Morgan fingerprint density at radius 3 is 2.45 bits per heavy atom. The van der Waals surface area contributed by atoms with E-state index in [1.165, 1.54) is 12.0 Å². The Hall–Kier alpha value is -3.76. The molecule has 38 heavy (non-hydrogen) atoms. The second kappa shape index (κ2) is 11.3. The summed E-state index contributed by atoms with van der Waals surface area (Å²) in [6, 6.07) is 9.30. The van der Waals surface area contributed by atoms with E-state index < -0.39 is 17.7 Å². The van der Waals surface area contributed by atoms with Gasteiger partial charge in [0.2, 0.25) is 0 Å². The molecule has 0 saturated carbocycles. The van der Waals surface area contributed by atoms with Crippen molar-refractivity contribution in [3.8, 4) is 23.0 Å². The molecule has 202 valence electrons. The fourth-order valence-corrected chi connectivity index (χ4v) is 5.12. The van der Waals surface area contributed by atoms with E-state index >= 15 is 0 Å². The van der Waals surface area contributed by atoms with Crippen LogP contribution in [0.25, 0.3) is 5.76 Å². The summed E-state index contributed by atoms with van der Waals surface area (Å²) in [5.41, 5.74) is 0.897. The van der Waals surface area contributed by atoms with Crippen LogP contribution in [0, 0.1) is 0 Å². The lowest BCUT2D eigenvalue weighted by molar-refractivity contribution is -0.140. The van der Waals surface area contributed by atoms with Crippen LogP contribution in [0.15, 0.2) is 42.0 Å². The molecular formula is C28H32N2O8. The van der Waals surface area contributed by atoms with Crippen molar-refractivity contribution in [3.05, 3.63) is 53.1 Å². The number of likely N-dealkylation sites (tertiary alicyclic amines) is 1. The van der Waals surface area contributed by atoms with E-state index in [2.05, 4.69) is 4.90 Å². The SMILES string of the molecule is COc1ccc(OC)c([C@H]2C(=C(O)c3ccc4c(c3)OCCO4)C(=O)C(=O)N2CCCN2CCOCC2)c1. The maximum atomic E-state index is 13.5. The van der Waals surface area contributed by atoms with E-state index in [1.54, 1.807) is 43.5 Å². The number of Topliss-reactive ketones (excluding diaryl/α,β-unsaturated/α-hetero) is 1. The summed E-state index contributed by atoms with van der Waals surface area (Å²) in [4.78, 5) is 30.6. The summed E-state index contributed by atoms with van der Waals surface area (Å²) < 4.78 is 27.7. The van der Waals surface area contributed by atoms with Crippen molar-refractivity contribution in [2.45, 2.75) is 12.5 Å². The first-order chi connectivity index (χ1) is 18.5. The number of amides is 1. The van der Waals surface area contributed by atoms with E-state index in [9.17, 15) is 14.7 Å². The monoisotopic (exact) mass is 524 g/mol. The van der Waals surface area contributed by atoms with Gasteiger partial charge in [-0.1, -0.05) is 0 Å². The molecule has 2 aromatic rings. The minimum Gasteiger partial charge on any atom is -0.507 e. The molecule has 5 rings (SSSR count). The third-order valence-corrected chi connectivity index (χ3v) is 7.06. The Bertz CT molecular complexity index is 1240. The number of fused-ring (bicyclic) bond motifs is 1. The Morgan fingerprint density at radius 2 is 1.71 bits per heavy atom. The Balaban J connectivity index is 1.55. The van der Waals surface area contributed by atoms with Gasteiger partial charge in [0, 0.05) is 37.3 Å². The molecule has 0 aromatic heterocycles. The van der Waals surface area contributed by atoms with Crippen LogP contribution in [0.2, 0.25) is 0 Å². The number of hydrogen-bond donors (Lipinski definition) is 1. The summed E-state index contributed by atoms with van der Waals surface area (Å²) in [6.07, 6.45) is 0.653. The van der Waals surface area contributed by atoms with Gasteiger partial charge in [-0.05, 0) is 42.8 Å². The van der Waals surface area contributed by atoms with Gasteiger partial charge in [0.05, 0.1) is 39.0 Å². The average Bonchev–Trinajstić information content (AvgIpc) is 3.21. The average molecular weight is 525 g/mol. The van der Waals surface area contributed by atoms with Crippen LogP contribution in [-0.2, 0) is 14.3 Å². The maximum absolute atomic E-state index is 13.5. The van der Waals surface area contributed by atoms with E-state index in [1.807, 2.05) is 0 Å². The van der Waals surface area contributed by atoms with E-state index in [0.717, 1.165) is 19.6 Å². The van der Waals surface area contributed by atoms with Crippen LogP contribution in [0.4, 0.5) is 0 Å². The number of ether oxygens (including phenoxy) is 5. The summed E-state index contributed by atoms with van der Waals surface area (Å²) >= 11 is 0.